The van der Waals surface area contributed by atoms with Gasteiger partial charge in [0.15, 0.2) is 0 Å². The fourth-order valence-corrected chi connectivity index (χ4v) is 6.75. The third-order valence-corrected chi connectivity index (χ3v) is 9.44. The minimum absolute atomic E-state index is 0.142. The second-order valence-electron chi connectivity index (χ2n) is 13.2. The van der Waals surface area contributed by atoms with Crippen molar-refractivity contribution in [2.75, 3.05) is 27.2 Å². The number of nitrogens with zero attached hydrogens (tertiary/aromatic N) is 3. The highest BCUT2D eigenvalue weighted by Gasteiger charge is 2.37. The number of aliphatic hydroxyl groups excluding tert-OH is 1. The average molecular weight is 645 g/mol. The molecule has 3 amide bonds. The van der Waals surface area contributed by atoms with Crippen LogP contribution in [0.3, 0.4) is 0 Å². The SMILES string of the molecule is C/C(=C\C(=O)N(C)[C@H](Cc1ccc(-c2ccccc2)cc1)C(=O)N(C)C(Cc1cccs1)C(=O)N1CCC(O)CC1)CC(C)(C)N. The number of aliphatic hydroxyl groups is 1. The van der Waals surface area contributed by atoms with Crippen LogP contribution in [0, 0.1) is 0 Å². The Kier molecular flexibility index (Phi) is 11.9. The molecule has 4 rings (SSSR count). The second-order valence-corrected chi connectivity index (χ2v) is 14.2. The Morgan fingerprint density at radius 2 is 1.57 bits per heavy atom. The standard InChI is InChI=1S/C37H48N4O4S/c1-26(25-37(2,3)38)22-34(43)39(4)32(23-27-13-15-29(16-14-27)28-10-7-6-8-11-28)35(44)40(5)33(24-31-12-9-21-46-31)36(45)41-19-17-30(42)18-20-41/h6-16,21-22,30,32-33,42H,17-20,23-25,38H2,1-5H3/b26-22+/t32-,33?/m1/s1. The van der Waals surface area contributed by atoms with E-state index in [1.54, 1.807) is 36.4 Å². The van der Waals surface area contributed by atoms with Crippen LogP contribution in [0.1, 0.15) is 50.5 Å². The first-order valence-corrected chi connectivity index (χ1v) is 16.8. The van der Waals surface area contributed by atoms with Crippen LogP contribution >= 0.6 is 11.3 Å². The van der Waals surface area contributed by atoms with Gasteiger partial charge in [0.2, 0.25) is 17.7 Å². The van der Waals surface area contributed by atoms with Gasteiger partial charge in [0.25, 0.3) is 0 Å². The van der Waals surface area contributed by atoms with Crippen LogP contribution in [0.4, 0.5) is 0 Å². The Morgan fingerprint density at radius 1 is 0.935 bits per heavy atom. The number of thiophene rings is 1. The van der Waals surface area contributed by atoms with Crippen LogP contribution in [-0.4, -0.2) is 88.4 Å². The molecule has 3 aromatic rings. The molecule has 1 aromatic heterocycles. The van der Waals surface area contributed by atoms with E-state index in [0.29, 0.717) is 38.8 Å². The molecule has 8 nitrogen and oxygen atoms in total. The monoisotopic (exact) mass is 644 g/mol. The summed E-state index contributed by atoms with van der Waals surface area (Å²) in [6.45, 7) is 6.58. The molecule has 46 heavy (non-hydrogen) atoms. The molecule has 0 saturated carbocycles. The molecular weight excluding hydrogens is 596 g/mol. The Labute approximate surface area is 277 Å². The predicted octanol–water partition coefficient (Wildman–Crippen LogP) is 4.91. The molecule has 0 aliphatic carbocycles. The molecule has 1 aliphatic rings. The van der Waals surface area contributed by atoms with Crippen molar-refractivity contribution < 1.29 is 19.5 Å². The molecular formula is C37H48N4O4S. The van der Waals surface area contributed by atoms with E-state index in [1.165, 1.54) is 9.80 Å². The highest BCUT2D eigenvalue weighted by Crippen LogP contribution is 2.23. The topological polar surface area (TPSA) is 107 Å². The largest absolute Gasteiger partial charge is 0.393 e. The summed E-state index contributed by atoms with van der Waals surface area (Å²) in [4.78, 5) is 47.8. The lowest BCUT2D eigenvalue weighted by Crippen LogP contribution is -2.57. The van der Waals surface area contributed by atoms with Crippen LogP contribution < -0.4 is 5.73 Å². The van der Waals surface area contributed by atoms with Gasteiger partial charge in [0, 0.05) is 56.5 Å². The lowest BCUT2D eigenvalue weighted by Gasteiger charge is -2.38. The summed E-state index contributed by atoms with van der Waals surface area (Å²) in [5, 5.41) is 12.0. The fraction of sp³-hybridized carbons (Fsp3) is 0.432. The van der Waals surface area contributed by atoms with Gasteiger partial charge in [-0.2, -0.15) is 0 Å². The summed E-state index contributed by atoms with van der Waals surface area (Å²) in [7, 11) is 3.32. The van der Waals surface area contributed by atoms with Gasteiger partial charge in [0.1, 0.15) is 12.1 Å². The molecule has 0 radical (unpaired) electrons. The number of likely N-dealkylation sites (N-methyl/N-ethyl adjacent to an activating group) is 2. The molecule has 2 heterocycles. The molecule has 1 fully saturated rings. The van der Waals surface area contributed by atoms with E-state index in [4.69, 9.17) is 5.73 Å². The summed E-state index contributed by atoms with van der Waals surface area (Å²) in [5.41, 5.74) is 9.61. The van der Waals surface area contributed by atoms with E-state index in [1.807, 2.05) is 92.9 Å². The smallest absolute Gasteiger partial charge is 0.246 e. The van der Waals surface area contributed by atoms with Gasteiger partial charge in [-0.1, -0.05) is 66.2 Å². The number of piperidine rings is 1. The van der Waals surface area contributed by atoms with E-state index in [9.17, 15) is 19.5 Å². The molecule has 0 spiro atoms. The summed E-state index contributed by atoms with van der Waals surface area (Å²) in [6, 6.07) is 20.4. The van der Waals surface area contributed by atoms with Crippen LogP contribution in [0.15, 0.2) is 83.8 Å². The average Bonchev–Trinajstić information content (AvgIpc) is 3.55. The zero-order valence-corrected chi connectivity index (χ0v) is 28.5. The van der Waals surface area contributed by atoms with Crippen molar-refractivity contribution in [2.45, 2.75) is 76.6 Å². The van der Waals surface area contributed by atoms with E-state index in [0.717, 1.165) is 27.1 Å². The second kappa shape index (κ2) is 15.7. The molecule has 3 N–H and O–H groups in total. The Hall–Kier alpha value is -3.79. The maximum Gasteiger partial charge on any atom is 0.246 e. The van der Waals surface area contributed by atoms with Gasteiger partial charge in [-0.25, -0.2) is 0 Å². The van der Waals surface area contributed by atoms with Gasteiger partial charge in [0.05, 0.1) is 6.10 Å². The van der Waals surface area contributed by atoms with Gasteiger partial charge in [-0.3, -0.25) is 14.4 Å². The number of likely N-dealkylation sites (tertiary alicyclic amines) is 1. The van der Waals surface area contributed by atoms with Crippen molar-refractivity contribution in [3.05, 3.63) is 94.2 Å². The molecule has 1 saturated heterocycles. The zero-order chi connectivity index (χ0) is 33.4. The van der Waals surface area contributed by atoms with Crippen LogP contribution in [0.25, 0.3) is 11.1 Å². The lowest BCUT2D eigenvalue weighted by molar-refractivity contribution is -0.150. The number of hydrogen-bond acceptors (Lipinski definition) is 6. The maximum atomic E-state index is 14.5. The van der Waals surface area contributed by atoms with Crippen LogP contribution in [-0.2, 0) is 27.2 Å². The van der Waals surface area contributed by atoms with Gasteiger partial charge in [-0.05, 0) is 68.2 Å². The first kappa shape index (κ1) is 35.1. The summed E-state index contributed by atoms with van der Waals surface area (Å²) < 4.78 is 0. The number of benzene rings is 2. The molecule has 1 unspecified atom stereocenters. The number of rotatable bonds is 12. The number of carbonyl (C=O) groups excluding carboxylic acids is 3. The van der Waals surface area contributed by atoms with E-state index in [2.05, 4.69) is 0 Å². The molecule has 9 heteroatoms. The number of hydrogen-bond donors (Lipinski definition) is 2. The minimum atomic E-state index is -0.850. The Bertz CT molecular complexity index is 1470. The summed E-state index contributed by atoms with van der Waals surface area (Å²) >= 11 is 1.55. The molecule has 1 aliphatic heterocycles. The number of carbonyl (C=O) groups is 3. The first-order valence-electron chi connectivity index (χ1n) is 16.0. The normalized spacial score (nSPS) is 15.7. The Balaban J connectivity index is 1.64. The molecule has 0 bridgehead atoms. The van der Waals surface area contributed by atoms with Crippen LogP contribution in [0.2, 0.25) is 0 Å². The maximum absolute atomic E-state index is 14.5. The molecule has 2 aromatic carbocycles. The quantitative estimate of drug-likeness (QED) is 0.273. The van der Waals surface area contributed by atoms with Crippen molar-refractivity contribution in [1.29, 1.82) is 0 Å². The zero-order valence-electron chi connectivity index (χ0n) is 27.7. The Morgan fingerprint density at radius 3 is 2.15 bits per heavy atom. The van der Waals surface area contributed by atoms with Gasteiger partial charge in [-0.15, -0.1) is 11.3 Å². The highest BCUT2D eigenvalue weighted by atomic mass is 32.1. The van der Waals surface area contributed by atoms with E-state index < -0.39 is 23.7 Å². The van der Waals surface area contributed by atoms with Crippen molar-refractivity contribution in [3.8, 4) is 11.1 Å². The lowest BCUT2D eigenvalue weighted by atomic mass is 9.96. The van der Waals surface area contributed by atoms with Gasteiger partial charge < -0.3 is 25.5 Å². The van der Waals surface area contributed by atoms with E-state index in [-0.39, 0.29) is 24.1 Å². The highest BCUT2D eigenvalue weighted by molar-refractivity contribution is 7.09. The third-order valence-electron chi connectivity index (χ3n) is 8.55. The van der Waals surface area contributed by atoms with Crippen molar-refractivity contribution in [3.63, 3.8) is 0 Å². The third kappa shape index (κ3) is 9.61. The summed E-state index contributed by atoms with van der Waals surface area (Å²) in [5.74, 6) is -0.738. The minimum Gasteiger partial charge on any atom is -0.393 e. The number of nitrogens with two attached hydrogens (primary N) is 1. The van der Waals surface area contributed by atoms with Crippen molar-refractivity contribution >= 4 is 29.1 Å². The first-order chi connectivity index (χ1) is 21.8. The molecule has 246 valence electrons. The van der Waals surface area contributed by atoms with Crippen molar-refractivity contribution in [1.82, 2.24) is 14.7 Å². The van der Waals surface area contributed by atoms with Crippen molar-refractivity contribution in [2.24, 2.45) is 5.73 Å². The van der Waals surface area contributed by atoms with E-state index >= 15 is 0 Å². The fourth-order valence-electron chi connectivity index (χ4n) is 6.01. The van der Waals surface area contributed by atoms with Crippen LogP contribution in [0.5, 0.6) is 0 Å². The molecule has 2 atom stereocenters. The summed E-state index contributed by atoms with van der Waals surface area (Å²) in [6.07, 6.45) is 3.36. The predicted molar refractivity (Wildman–Crippen MR) is 185 cm³/mol. The number of amides is 3. The van der Waals surface area contributed by atoms with Gasteiger partial charge >= 0.3 is 0 Å².